The summed E-state index contributed by atoms with van der Waals surface area (Å²) in [7, 11) is 1.90. The van der Waals surface area contributed by atoms with Crippen molar-refractivity contribution in [3.63, 3.8) is 0 Å². The molecule has 0 saturated heterocycles. The first kappa shape index (κ1) is 15.1. The van der Waals surface area contributed by atoms with Crippen molar-refractivity contribution >= 4 is 23.4 Å². The molecule has 0 aromatic carbocycles. The monoisotopic (exact) mass is 268 g/mol. The van der Waals surface area contributed by atoms with Crippen LogP contribution in [-0.4, -0.2) is 35.1 Å². The number of hydrogen-bond acceptors (Lipinski definition) is 5. The van der Waals surface area contributed by atoms with Crippen LogP contribution in [0.5, 0.6) is 0 Å². The Balaban J connectivity index is 2.97. The van der Waals surface area contributed by atoms with Gasteiger partial charge in [0.1, 0.15) is 17.5 Å². The van der Waals surface area contributed by atoms with Crippen LogP contribution in [0.4, 0.5) is 11.6 Å². The van der Waals surface area contributed by atoms with Gasteiger partial charge in [-0.05, 0) is 13.2 Å². The van der Waals surface area contributed by atoms with Gasteiger partial charge in [-0.2, -0.15) is 11.8 Å². The average Bonchev–Trinajstić information content (AvgIpc) is 2.36. The van der Waals surface area contributed by atoms with Crippen molar-refractivity contribution in [2.45, 2.75) is 38.9 Å². The Labute approximate surface area is 114 Å². The summed E-state index contributed by atoms with van der Waals surface area (Å²) in [5.41, 5.74) is 1.08. The topological polar surface area (TPSA) is 49.8 Å². The van der Waals surface area contributed by atoms with Crippen molar-refractivity contribution in [2.75, 3.05) is 30.5 Å². The van der Waals surface area contributed by atoms with Crippen molar-refractivity contribution in [1.29, 1.82) is 0 Å². The first-order valence-electron chi connectivity index (χ1n) is 6.32. The van der Waals surface area contributed by atoms with Crippen LogP contribution in [0.1, 0.15) is 38.1 Å². The first-order chi connectivity index (χ1) is 8.49. The van der Waals surface area contributed by atoms with Crippen molar-refractivity contribution < 1.29 is 0 Å². The predicted octanol–water partition coefficient (Wildman–Crippen LogP) is 3.11. The molecule has 0 amide bonds. The second-order valence-electron chi connectivity index (χ2n) is 4.74. The van der Waals surface area contributed by atoms with Gasteiger partial charge in [-0.15, -0.1) is 0 Å². The minimum absolute atomic E-state index is 0.330. The highest BCUT2D eigenvalue weighted by atomic mass is 32.2. The van der Waals surface area contributed by atoms with Gasteiger partial charge >= 0.3 is 0 Å². The molecular formula is C13H24N4S. The molecule has 1 aromatic rings. The first-order valence-corrected chi connectivity index (χ1v) is 7.61. The van der Waals surface area contributed by atoms with E-state index >= 15 is 0 Å². The van der Waals surface area contributed by atoms with Crippen LogP contribution in [0.25, 0.3) is 0 Å². The van der Waals surface area contributed by atoms with Gasteiger partial charge in [0.25, 0.3) is 0 Å². The van der Waals surface area contributed by atoms with Crippen LogP contribution < -0.4 is 10.6 Å². The third-order valence-corrected chi connectivity index (χ3v) is 3.85. The van der Waals surface area contributed by atoms with Crippen LogP contribution >= 0.6 is 11.8 Å². The van der Waals surface area contributed by atoms with E-state index in [2.05, 4.69) is 47.6 Å². The highest BCUT2D eigenvalue weighted by molar-refractivity contribution is 7.99. The fraction of sp³-hybridized carbons (Fsp3) is 0.692. The zero-order valence-corrected chi connectivity index (χ0v) is 13.0. The lowest BCUT2D eigenvalue weighted by Crippen LogP contribution is -2.16. The Hall–Kier alpha value is -0.970. The molecule has 0 spiro atoms. The molecule has 0 bridgehead atoms. The van der Waals surface area contributed by atoms with Gasteiger partial charge in [0.2, 0.25) is 0 Å². The molecule has 0 saturated carbocycles. The zero-order valence-electron chi connectivity index (χ0n) is 12.2. The number of anilines is 2. The minimum atomic E-state index is 0.330. The van der Waals surface area contributed by atoms with Gasteiger partial charge in [-0.3, -0.25) is 0 Å². The second kappa shape index (κ2) is 6.83. The van der Waals surface area contributed by atoms with Crippen LogP contribution in [0.2, 0.25) is 0 Å². The number of thioether (sulfide) groups is 1. The van der Waals surface area contributed by atoms with Gasteiger partial charge in [-0.1, -0.05) is 20.8 Å². The molecular weight excluding hydrogens is 244 g/mol. The van der Waals surface area contributed by atoms with Gasteiger partial charge in [-0.25, -0.2) is 9.97 Å². The molecule has 5 heteroatoms. The van der Waals surface area contributed by atoms with E-state index in [1.54, 1.807) is 0 Å². The van der Waals surface area contributed by atoms with E-state index in [9.17, 15) is 0 Å². The molecule has 0 aliphatic carbocycles. The summed E-state index contributed by atoms with van der Waals surface area (Å²) in [6.07, 6.45) is 2.12. The van der Waals surface area contributed by atoms with E-state index < -0.39 is 0 Å². The summed E-state index contributed by atoms with van der Waals surface area (Å²) in [4.78, 5) is 9.15. The summed E-state index contributed by atoms with van der Waals surface area (Å²) in [6.45, 7) is 9.38. The Morgan fingerprint density at radius 3 is 2.28 bits per heavy atom. The number of hydrogen-bond donors (Lipinski definition) is 2. The molecule has 0 aliphatic rings. The Bertz CT molecular complexity index is 393. The van der Waals surface area contributed by atoms with Gasteiger partial charge < -0.3 is 10.6 Å². The average molecular weight is 268 g/mol. The molecule has 1 unspecified atom stereocenters. The Morgan fingerprint density at radius 2 is 1.78 bits per heavy atom. The van der Waals surface area contributed by atoms with E-state index in [1.807, 2.05) is 25.7 Å². The maximum Gasteiger partial charge on any atom is 0.135 e. The van der Waals surface area contributed by atoms with Crippen molar-refractivity contribution in [3.05, 3.63) is 11.4 Å². The van der Waals surface area contributed by atoms with Crippen LogP contribution in [0.15, 0.2) is 0 Å². The van der Waals surface area contributed by atoms with Crippen LogP contribution in [0.3, 0.4) is 0 Å². The third kappa shape index (κ3) is 3.77. The molecule has 4 nitrogen and oxygen atoms in total. The van der Waals surface area contributed by atoms with Crippen molar-refractivity contribution in [1.82, 2.24) is 9.97 Å². The zero-order chi connectivity index (χ0) is 13.7. The predicted molar refractivity (Wildman–Crippen MR) is 81.9 cm³/mol. The lowest BCUT2D eigenvalue weighted by atomic mass is 10.2. The molecule has 1 aromatic heterocycles. The van der Waals surface area contributed by atoms with E-state index in [0.717, 1.165) is 29.6 Å². The maximum atomic E-state index is 4.62. The molecule has 0 aliphatic heterocycles. The molecule has 0 fully saturated rings. The van der Waals surface area contributed by atoms with Gasteiger partial charge in [0.05, 0.1) is 0 Å². The minimum Gasteiger partial charge on any atom is -0.373 e. The van der Waals surface area contributed by atoms with Crippen LogP contribution in [-0.2, 0) is 0 Å². The van der Waals surface area contributed by atoms with Gasteiger partial charge in [0.15, 0.2) is 0 Å². The molecule has 18 heavy (non-hydrogen) atoms. The maximum absolute atomic E-state index is 4.62. The van der Waals surface area contributed by atoms with Crippen molar-refractivity contribution in [2.24, 2.45) is 0 Å². The SMILES string of the molecule is CNc1nc(C(C)C)nc(NCC(C)SC)c1C. The normalized spacial score (nSPS) is 12.6. The quantitative estimate of drug-likeness (QED) is 0.830. The summed E-state index contributed by atoms with van der Waals surface area (Å²) in [5, 5.41) is 7.13. The highest BCUT2D eigenvalue weighted by Crippen LogP contribution is 2.23. The van der Waals surface area contributed by atoms with Crippen molar-refractivity contribution in [3.8, 4) is 0 Å². The number of aromatic nitrogens is 2. The highest BCUT2D eigenvalue weighted by Gasteiger charge is 2.12. The molecule has 0 radical (unpaired) electrons. The third-order valence-electron chi connectivity index (χ3n) is 2.88. The molecule has 1 rings (SSSR count). The largest absolute Gasteiger partial charge is 0.373 e. The number of nitrogens with one attached hydrogen (secondary N) is 2. The van der Waals surface area contributed by atoms with E-state index in [0.29, 0.717) is 11.2 Å². The summed E-state index contributed by atoms with van der Waals surface area (Å²) in [6, 6.07) is 0. The number of nitrogens with zero attached hydrogens (tertiary/aromatic N) is 2. The smallest absolute Gasteiger partial charge is 0.135 e. The molecule has 2 N–H and O–H groups in total. The Kier molecular flexibility index (Phi) is 5.72. The van der Waals surface area contributed by atoms with E-state index in [1.165, 1.54) is 0 Å². The molecule has 1 atom stereocenters. The summed E-state index contributed by atoms with van der Waals surface area (Å²) in [5.74, 6) is 3.06. The number of rotatable bonds is 6. The van der Waals surface area contributed by atoms with Gasteiger partial charge in [0, 0.05) is 30.3 Å². The molecule has 1 heterocycles. The van der Waals surface area contributed by atoms with E-state index in [4.69, 9.17) is 0 Å². The fourth-order valence-corrected chi connectivity index (χ4v) is 1.78. The summed E-state index contributed by atoms with van der Waals surface area (Å²) >= 11 is 1.85. The summed E-state index contributed by atoms with van der Waals surface area (Å²) < 4.78 is 0. The lowest BCUT2D eigenvalue weighted by molar-refractivity contribution is 0.772. The second-order valence-corrected chi connectivity index (χ2v) is 6.01. The van der Waals surface area contributed by atoms with E-state index in [-0.39, 0.29) is 0 Å². The molecule has 102 valence electrons. The lowest BCUT2D eigenvalue weighted by Gasteiger charge is -2.16. The Morgan fingerprint density at radius 1 is 1.17 bits per heavy atom. The van der Waals surface area contributed by atoms with Crippen LogP contribution in [0, 0.1) is 6.92 Å². The fourth-order valence-electron chi connectivity index (χ4n) is 1.53. The standard InChI is InChI=1S/C13H24N4S/c1-8(2)11-16-12(14-5)10(4)13(17-11)15-7-9(3)18-6/h8-9H,7H2,1-6H3,(H2,14,15,16,17).